The van der Waals surface area contributed by atoms with Gasteiger partial charge in [0.15, 0.2) is 0 Å². The van der Waals surface area contributed by atoms with E-state index in [1.807, 2.05) is 24.3 Å². The van der Waals surface area contributed by atoms with Gasteiger partial charge in [0, 0.05) is 33.5 Å². The molecule has 0 unspecified atom stereocenters. The molecule has 1 heterocycles. The van der Waals surface area contributed by atoms with Gasteiger partial charge < -0.3 is 15.4 Å². The molecule has 1 aliphatic rings. The van der Waals surface area contributed by atoms with E-state index in [4.69, 9.17) is 4.74 Å². The Morgan fingerprint density at radius 3 is 2.66 bits per heavy atom. The molecule has 0 radical (unpaired) electrons. The number of sulfonamides is 1. The Kier molecular flexibility index (Phi) is 7.65. The van der Waals surface area contributed by atoms with Crippen molar-refractivity contribution >= 4 is 27.5 Å². The maximum Gasteiger partial charge on any atom is 0.245 e. The first-order valence-corrected chi connectivity index (χ1v) is 11.9. The van der Waals surface area contributed by atoms with Crippen LogP contribution in [0.3, 0.4) is 0 Å². The number of methoxy groups -OCH3 is 1. The highest BCUT2D eigenvalue weighted by atomic mass is 32.2. The summed E-state index contributed by atoms with van der Waals surface area (Å²) in [6.45, 7) is 4.09. The molecule has 172 valence electrons. The predicted octanol–water partition coefficient (Wildman–Crippen LogP) is 2.39. The van der Waals surface area contributed by atoms with Crippen LogP contribution in [0.4, 0.5) is 5.69 Å². The predicted molar refractivity (Wildman–Crippen MR) is 122 cm³/mol. The summed E-state index contributed by atoms with van der Waals surface area (Å²) in [6.07, 6.45) is 0.528. The number of nitrogens with one attached hydrogen (secondary N) is 2. The van der Waals surface area contributed by atoms with E-state index in [2.05, 4.69) is 10.6 Å². The largest absolute Gasteiger partial charge is 0.383 e. The summed E-state index contributed by atoms with van der Waals surface area (Å²) in [4.78, 5) is 24.3. The summed E-state index contributed by atoms with van der Waals surface area (Å²) < 4.78 is 34.0. The Balaban J connectivity index is 2.01. The van der Waals surface area contributed by atoms with E-state index in [1.165, 1.54) is 11.2 Å². The van der Waals surface area contributed by atoms with Crippen molar-refractivity contribution in [2.24, 2.45) is 0 Å². The molecule has 2 amide bonds. The number of rotatable bonds is 8. The molecule has 0 aliphatic carbocycles. The highest BCUT2D eigenvalue weighted by Gasteiger charge is 2.38. The van der Waals surface area contributed by atoms with Gasteiger partial charge in [-0.3, -0.25) is 9.59 Å². The topological polar surface area (TPSA) is 105 Å². The van der Waals surface area contributed by atoms with Gasteiger partial charge in [0.2, 0.25) is 21.8 Å². The van der Waals surface area contributed by atoms with Crippen LogP contribution in [-0.4, -0.2) is 51.3 Å². The number of hydrogen-bond donors (Lipinski definition) is 2. The number of hydrogen-bond acceptors (Lipinski definition) is 5. The van der Waals surface area contributed by atoms with E-state index in [9.17, 15) is 18.0 Å². The summed E-state index contributed by atoms with van der Waals surface area (Å²) in [5, 5.41) is 5.39. The molecule has 0 bridgehead atoms. The van der Waals surface area contributed by atoms with Crippen LogP contribution in [0.25, 0.3) is 0 Å². The Morgan fingerprint density at radius 1 is 1.19 bits per heavy atom. The monoisotopic (exact) mass is 459 g/mol. The molecule has 9 heteroatoms. The molecule has 0 fully saturated rings. The van der Waals surface area contributed by atoms with Crippen molar-refractivity contribution in [1.82, 2.24) is 9.62 Å². The number of aryl methyl sites for hydroxylation is 1. The van der Waals surface area contributed by atoms with Gasteiger partial charge in [-0.1, -0.05) is 30.3 Å². The van der Waals surface area contributed by atoms with Gasteiger partial charge in [0.05, 0.1) is 18.3 Å². The van der Waals surface area contributed by atoms with Gasteiger partial charge in [0.25, 0.3) is 0 Å². The number of ether oxygens (including phenoxy) is 1. The lowest BCUT2D eigenvalue weighted by atomic mass is 9.92. The van der Waals surface area contributed by atoms with Crippen LogP contribution in [-0.2, 0) is 30.8 Å². The Labute approximate surface area is 189 Å². The molecule has 0 saturated heterocycles. The fourth-order valence-electron chi connectivity index (χ4n) is 3.93. The number of anilines is 1. The van der Waals surface area contributed by atoms with E-state index in [1.54, 1.807) is 32.2 Å². The Hall–Kier alpha value is -2.75. The second-order valence-electron chi connectivity index (χ2n) is 7.81. The SMILES string of the molecule is COCCNC(=O)C[C@H]1c2ccccc2CCN1S(=O)(=O)c1cc(C)ccc1NC(C)=O. The number of nitrogens with zero attached hydrogens (tertiary/aromatic N) is 1. The fraction of sp³-hybridized carbons (Fsp3) is 0.391. The van der Waals surface area contributed by atoms with Gasteiger partial charge in [-0.05, 0) is 42.2 Å². The van der Waals surface area contributed by atoms with Crippen LogP contribution in [0, 0.1) is 6.92 Å². The maximum absolute atomic E-state index is 13.8. The summed E-state index contributed by atoms with van der Waals surface area (Å²) in [7, 11) is -2.46. The van der Waals surface area contributed by atoms with Crippen LogP contribution in [0.5, 0.6) is 0 Å². The van der Waals surface area contributed by atoms with Crippen LogP contribution >= 0.6 is 0 Å². The van der Waals surface area contributed by atoms with Crippen LogP contribution < -0.4 is 10.6 Å². The highest BCUT2D eigenvalue weighted by molar-refractivity contribution is 7.89. The molecule has 2 N–H and O–H groups in total. The van der Waals surface area contributed by atoms with Crippen LogP contribution in [0.15, 0.2) is 47.4 Å². The molecule has 3 rings (SSSR count). The molecule has 0 spiro atoms. The average molecular weight is 460 g/mol. The number of benzene rings is 2. The molecule has 2 aromatic rings. The van der Waals surface area contributed by atoms with E-state index in [-0.39, 0.29) is 35.4 Å². The van der Waals surface area contributed by atoms with Crippen molar-refractivity contribution in [3.63, 3.8) is 0 Å². The van der Waals surface area contributed by atoms with Crippen molar-refractivity contribution in [2.75, 3.05) is 32.1 Å². The van der Waals surface area contributed by atoms with E-state index < -0.39 is 16.1 Å². The molecular formula is C23H29N3O5S. The summed E-state index contributed by atoms with van der Waals surface area (Å²) in [5.74, 6) is -0.612. The van der Waals surface area contributed by atoms with Crippen molar-refractivity contribution < 1.29 is 22.7 Å². The average Bonchev–Trinajstić information content (AvgIpc) is 2.75. The molecular weight excluding hydrogens is 430 g/mol. The molecule has 1 aliphatic heterocycles. The van der Waals surface area contributed by atoms with Crippen LogP contribution in [0.1, 0.15) is 36.1 Å². The standard InChI is InChI=1S/C23H29N3O5S/c1-16-8-9-20(25-17(2)27)22(14-16)32(29,30)26-12-10-18-6-4-5-7-19(18)21(26)15-23(28)24-11-13-31-3/h4-9,14,21H,10-13,15H2,1-3H3,(H,24,28)(H,25,27)/t21-/m0/s1. The lowest BCUT2D eigenvalue weighted by Gasteiger charge is -2.36. The molecule has 2 aromatic carbocycles. The van der Waals surface area contributed by atoms with Crippen molar-refractivity contribution in [2.45, 2.75) is 37.6 Å². The van der Waals surface area contributed by atoms with E-state index in [0.29, 0.717) is 19.6 Å². The summed E-state index contributed by atoms with van der Waals surface area (Å²) >= 11 is 0. The second kappa shape index (κ2) is 10.2. The number of amides is 2. The minimum atomic E-state index is -4.01. The zero-order chi connectivity index (χ0) is 23.3. The molecule has 32 heavy (non-hydrogen) atoms. The molecule has 0 saturated carbocycles. The van der Waals surface area contributed by atoms with Gasteiger partial charge in [0.1, 0.15) is 4.90 Å². The fourth-order valence-corrected chi connectivity index (χ4v) is 5.77. The normalized spacial score (nSPS) is 16.3. The second-order valence-corrected chi connectivity index (χ2v) is 9.67. The van der Waals surface area contributed by atoms with Crippen molar-refractivity contribution in [3.8, 4) is 0 Å². The minimum Gasteiger partial charge on any atom is -0.383 e. The van der Waals surface area contributed by atoms with Crippen LogP contribution in [0.2, 0.25) is 0 Å². The first-order chi connectivity index (χ1) is 15.2. The smallest absolute Gasteiger partial charge is 0.245 e. The van der Waals surface area contributed by atoms with Gasteiger partial charge in [-0.25, -0.2) is 8.42 Å². The third-order valence-corrected chi connectivity index (χ3v) is 7.35. The lowest BCUT2D eigenvalue weighted by molar-refractivity contribution is -0.122. The maximum atomic E-state index is 13.8. The zero-order valence-electron chi connectivity index (χ0n) is 18.6. The Morgan fingerprint density at radius 2 is 1.94 bits per heavy atom. The number of fused-ring (bicyclic) bond motifs is 1. The molecule has 0 aromatic heterocycles. The van der Waals surface area contributed by atoms with Gasteiger partial charge in [-0.2, -0.15) is 4.31 Å². The third kappa shape index (κ3) is 5.35. The van der Waals surface area contributed by atoms with Crippen molar-refractivity contribution in [3.05, 3.63) is 59.2 Å². The zero-order valence-corrected chi connectivity index (χ0v) is 19.4. The first kappa shape index (κ1) is 23.9. The number of carbonyl (C=O) groups excluding carboxylic acids is 2. The lowest BCUT2D eigenvalue weighted by Crippen LogP contribution is -2.42. The Bertz CT molecular complexity index is 1100. The van der Waals surface area contributed by atoms with E-state index in [0.717, 1.165) is 16.7 Å². The van der Waals surface area contributed by atoms with Gasteiger partial charge in [-0.15, -0.1) is 0 Å². The van der Waals surface area contributed by atoms with Gasteiger partial charge >= 0.3 is 0 Å². The quantitative estimate of drug-likeness (QED) is 0.590. The third-order valence-electron chi connectivity index (χ3n) is 5.40. The minimum absolute atomic E-state index is 0.0127. The van der Waals surface area contributed by atoms with Crippen molar-refractivity contribution in [1.29, 1.82) is 0 Å². The van der Waals surface area contributed by atoms with E-state index >= 15 is 0 Å². The first-order valence-electron chi connectivity index (χ1n) is 10.5. The molecule has 8 nitrogen and oxygen atoms in total. The molecule has 1 atom stereocenters. The highest BCUT2D eigenvalue weighted by Crippen LogP contribution is 2.38. The summed E-state index contributed by atoms with van der Waals surface area (Å²) in [5.41, 5.74) is 2.83. The summed E-state index contributed by atoms with van der Waals surface area (Å²) in [6, 6.07) is 11.8. The number of carbonyl (C=O) groups is 2.